The minimum absolute atomic E-state index is 0.245. The largest absolute Gasteiger partial charge is 0.496 e. The second-order valence-corrected chi connectivity index (χ2v) is 5.59. The Morgan fingerprint density at radius 3 is 2.75 bits per heavy atom. The first-order valence-corrected chi connectivity index (χ1v) is 7.33. The van der Waals surface area contributed by atoms with Gasteiger partial charge >= 0.3 is 0 Å². The Bertz CT molecular complexity index is 425. The van der Waals surface area contributed by atoms with Gasteiger partial charge in [0.15, 0.2) is 0 Å². The summed E-state index contributed by atoms with van der Waals surface area (Å²) in [5.74, 6) is 0.927. The average molecular weight is 278 g/mol. The Morgan fingerprint density at radius 2 is 2.15 bits per heavy atom. The summed E-state index contributed by atoms with van der Waals surface area (Å²) in [5.41, 5.74) is 7.15. The van der Waals surface area contributed by atoms with Crippen LogP contribution in [0.5, 0.6) is 5.75 Å². The molecule has 2 N–H and O–H groups in total. The van der Waals surface area contributed by atoms with Gasteiger partial charge in [0.1, 0.15) is 5.75 Å². The molecule has 20 heavy (non-hydrogen) atoms. The molecule has 112 valence electrons. The molecule has 1 fully saturated rings. The molecule has 1 aromatic rings. The third kappa shape index (κ3) is 3.51. The van der Waals surface area contributed by atoms with E-state index in [-0.39, 0.29) is 12.1 Å². The fraction of sp³-hybridized carbons (Fsp3) is 0.625. The number of nitrogens with zero attached hydrogens (tertiary/aromatic N) is 1. The zero-order chi connectivity index (χ0) is 14.5. The number of hydrogen-bond acceptors (Lipinski definition) is 4. The predicted molar refractivity (Wildman–Crippen MR) is 80.9 cm³/mol. The Morgan fingerprint density at radius 1 is 1.40 bits per heavy atom. The molecule has 4 nitrogen and oxygen atoms in total. The SMILES string of the molecule is COc1ccccc1CN(C)C(CN)C1CCC(C)O1. The number of rotatable bonds is 6. The van der Waals surface area contributed by atoms with Crippen LogP contribution < -0.4 is 10.5 Å². The van der Waals surface area contributed by atoms with E-state index in [1.54, 1.807) is 7.11 Å². The second-order valence-electron chi connectivity index (χ2n) is 5.59. The van der Waals surface area contributed by atoms with Gasteiger partial charge in [-0.2, -0.15) is 0 Å². The number of likely N-dealkylation sites (N-methyl/N-ethyl adjacent to an activating group) is 1. The molecule has 2 rings (SSSR count). The second kappa shape index (κ2) is 7.07. The van der Waals surface area contributed by atoms with Crippen LogP contribution in [0.2, 0.25) is 0 Å². The van der Waals surface area contributed by atoms with Crippen LogP contribution in [0, 0.1) is 0 Å². The van der Waals surface area contributed by atoms with Crippen LogP contribution in [-0.4, -0.2) is 43.9 Å². The van der Waals surface area contributed by atoms with Gasteiger partial charge in [-0.05, 0) is 32.9 Å². The van der Waals surface area contributed by atoms with E-state index in [1.807, 2.05) is 18.2 Å². The summed E-state index contributed by atoms with van der Waals surface area (Å²) in [5, 5.41) is 0. The van der Waals surface area contributed by atoms with Crippen molar-refractivity contribution in [3.05, 3.63) is 29.8 Å². The molecule has 0 spiro atoms. The summed E-state index contributed by atoms with van der Waals surface area (Å²) in [7, 11) is 3.82. The monoisotopic (exact) mass is 278 g/mol. The molecule has 1 aliphatic heterocycles. The summed E-state index contributed by atoms with van der Waals surface area (Å²) in [6.07, 6.45) is 2.83. The van der Waals surface area contributed by atoms with Crippen molar-refractivity contribution >= 4 is 0 Å². The lowest BCUT2D eigenvalue weighted by Gasteiger charge is -2.31. The molecule has 1 heterocycles. The van der Waals surface area contributed by atoms with Gasteiger partial charge in [-0.15, -0.1) is 0 Å². The van der Waals surface area contributed by atoms with E-state index in [0.717, 1.165) is 25.1 Å². The zero-order valence-electron chi connectivity index (χ0n) is 12.7. The molecule has 0 aliphatic carbocycles. The summed E-state index contributed by atoms with van der Waals surface area (Å²) < 4.78 is 11.4. The number of nitrogens with two attached hydrogens (primary N) is 1. The van der Waals surface area contributed by atoms with Gasteiger partial charge in [0.25, 0.3) is 0 Å². The highest BCUT2D eigenvalue weighted by Gasteiger charge is 2.31. The molecule has 0 radical (unpaired) electrons. The lowest BCUT2D eigenvalue weighted by Crippen LogP contribution is -2.46. The van der Waals surface area contributed by atoms with E-state index in [0.29, 0.717) is 12.6 Å². The number of para-hydroxylation sites is 1. The maximum Gasteiger partial charge on any atom is 0.123 e. The van der Waals surface area contributed by atoms with Crippen molar-refractivity contribution in [1.29, 1.82) is 0 Å². The molecule has 3 unspecified atom stereocenters. The lowest BCUT2D eigenvalue weighted by molar-refractivity contribution is 0.000698. The summed E-state index contributed by atoms with van der Waals surface area (Å²) >= 11 is 0. The topological polar surface area (TPSA) is 47.7 Å². The molecule has 1 aromatic carbocycles. The van der Waals surface area contributed by atoms with Gasteiger partial charge in [-0.25, -0.2) is 0 Å². The lowest BCUT2D eigenvalue weighted by atomic mass is 10.1. The van der Waals surface area contributed by atoms with Crippen LogP contribution in [-0.2, 0) is 11.3 Å². The molecule has 0 bridgehead atoms. The van der Waals surface area contributed by atoms with E-state index >= 15 is 0 Å². The molecule has 1 saturated heterocycles. The molecule has 4 heteroatoms. The van der Waals surface area contributed by atoms with Crippen molar-refractivity contribution in [3.63, 3.8) is 0 Å². The smallest absolute Gasteiger partial charge is 0.123 e. The Hall–Kier alpha value is -1.10. The average Bonchev–Trinajstić information content (AvgIpc) is 2.86. The van der Waals surface area contributed by atoms with Crippen LogP contribution in [0.4, 0.5) is 0 Å². The van der Waals surface area contributed by atoms with E-state index in [9.17, 15) is 0 Å². The first kappa shape index (κ1) is 15.3. The number of benzene rings is 1. The van der Waals surface area contributed by atoms with E-state index in [1.165, 1.54) is 5.56 Å². The number of methoxy groups -OCH3 is 1. The first-order valence-electron chi connectivity index (χ1n) is 7.33. The van der Waals surface area contributed by atoms with Gasteiger partial charge in [0.05, 0.1) is 19.3 Å². The molecule has 3 atom stereocenters. The van der Waals surface area contributed by atoms with Gasteiger partial charge in [0.2, 0.25) is 0 Å². The van der Waals surface area contributed by atoms with Crippen molar-refractivity contribution < 1.29 is 9.47 Å². The Labute approximate surface area is 121 Å². The van der Waals surface area contributed by atoms with Crippen LogP contribution in [0.25, 0.3) is 0 Å². The molecule has 0 aromatic heterocycles. The van der Waals surface area contributed by atoms with E-state index < -0.39 is 0 Å². The minimum atomic E-state index is 0.245. The van der Waals surface area contributed by atoms with E-state index in [4.69, 9.17) is 15.2 Å². The maximum absolute atomic E-state index is 5.98. The van der Waals surface area contributed by atoms with Crippen LogP contribution in [0.1, 0.15) is 25.3 Å². The highest BCUT2D eigenvalue weighted by Crippen LogP contribution is 2.26. The van der Waals surface area contributed by atoms with Crippen molar-refractivity contribution in [2.75, 3.05) is 20.7 Å². The zero-order valence-corrected chi connectivity index (χ0v) is 12.7. The third-order valence-electron chi connectivity index (χ3n) is 4.11. The Balaban J connectivity index is 2.03. The Kier molecular flexibility index (Phi) is 5.40. The predicted octanol–water partition coefficient (Wildman–Crippen LogP) is 2.02. The van der Waals surface area contributed by atoms with Crippen LogP contribution in [0.3, 0.4) is 0 Å². The highest BCUT2D eigenvalue weighted by molar-refractivity contribution is 5.33. The van der Waals surface area contributed by atoms with Crippen molar-refractivity contribution in [1.82, 2.24) is 4.90 Å². The fourth-order valence-corrected chi connectivity index (χ4v) is 2.95. The maximum atomic E-state index is 5.98. The molecular weight excluding hydrogens is 252 g/mol. The normalized spacial score (nSPS) is 24.1. The van der Waals surface area contributed by atoms with Crippen LogP contribution >= 0.6 is 0 Å². The number of hydrogen-bond donors (Lipinski definition) is 1. The van der Waals surface area contributed by atoms with Crippen molar-refractivity contribution in [2.24, 2.45) is 5.73 Å². The standard InChI is InChI=1S/C16H26N2O2/c1-12-8-9-16(20-12)14(10-17)18(2)11-13-6-4-5-7-15(13)19-3/h4-7,12,14,16H,8-11,17H2,1-3H3. The minimum Gasteiger partial charge on any atom is -0.496 e. The summed E-state index contributed by atoms with van der Waals surface area (Å²) in [6, 6.07) is 8.38. The molecular formula is C16H26N2O2. The molecule has 1 aliphatic rings. The molecule has 0 saturated carbocycles. The third-order valence-corrected chi connectivity index (χ3v) is 4.11. The molecule has 0 amide bonds. The fourth-order valence-electron chi connectivity index (χ4n) is 2.95. The van der Waals surface area contributed by atoms with Gasteiger partial charge in [-0.1, -0.05) is 18.2 Å². The van der Waals surface area contributed by atoms with Crippen molar-refractivity contribution in [2.45, 2.75) is 44.6 Å². The first-order chi connectivity index (χ1) is 9.65. The van der Waals surface area contributed by atoms with E-state index in [2.05, 4.69) is 24.9 Å². The quantitative estimate of drug-likeness (QED) is 0.865. The summed E-state index contributed by atoms with van der Waals surface area (Å²) in [6.45, 7) is 3.57. The van der Waals surface area contributed by atoms with Crippen LogP contribution in [0.15, 0.2) is 24.3 Å². The van der Waals surface area contributed by atoms with Gasteiger partial charge in [-0.3, -0.25) is 4.90 Å². The summed E-state index contributed by atoms with van der Waals surface area (Å²) in [4.78, 5) is 2.28. The van der Waals surface area contributed by atoms with Gasteiger partial charge in [0, 0.05) is 24.7 Å². The highest BCUT2D eigenvalue weighted by atomic mass is 16.5. The van der Waals surface area contributed by atoms with Gasteiger partial charge < -0.3 is 15.2 Å². The number of ether oxygens (including phenoxy) is 2. The van der Waals surface area contributed by atoms with Crippen molar-refractivity contribution in [3.8, 4) is 5.75 Å².